The van der Waals surface area contributed by atoms with Crippen LogP contribution in [0.2, 0.25) is 5.02 Å². The van der Waals surface area contributed by atoms with Gasteiger partial charge in [-0.15, -0.1) is 0 Å². The van der Waals surface area contributed by atoms with Gasteiger partial charge in [-0.25, -0.2) is 0 Å². The molecule has 0 aliphatic carbocycles. The molecule has 0 bridgehead atoms. The molecule has 2 heterocycles. The zero-order valence-electron chi connectivity index (χ0n) is 11.5. The predicted molar refractivity (Wildman–Crippen MR) is 78.2 cm³/mol. The maximum Gasteiger partial charge on any atom is 0.245 e. The zero-order valence-corrected chi connectivity index (χ0v) is 12.3. The number of piperidine rings is 1. The molecule has 112 valence electrons. The Morgan fingerprint density at radius 3 is 2.81 bits per heavy atom. The molecule has 0 unspecified atom stereocenters. The molecule has 2 amide bonds. The number of hydrogen-bond donors (Lipinski definition) is 1. The lowest BCUT2D eigenvalue weighted by atomic mass is 10.0. The highest BCUT2D eigenvalue weighted by molar-refractivity contribution is 6.32. The molecule has 3 rings (SSSR count). The molecule has 0 radical (unpaired) electrons. The lowest BCUT2D eigenvalue weighted by Gasteiger charge is -2.41. The van der Waals surface area contributed by atoms with Crippen molar-refractivity contribution >= 4 is 23.4 Å². The van der Waals surface area contributed by atoms with Gasteiger partial charge < -0.3 is 15.0 Å². The molecule has 6 heteroatoms. The Hall–Kier alpha value is -1.75. The molecule has 2 fully saturated rings. The van der Waals surface area contributed by atoms with Gasteiger partial charge in [-0.05, 0) is 25.0 Å². The number of rotatable bonds is 3. The van der Waals surface area contributed by atoms with Crippen molar-refractivity contribution in [1.29, 1.82) is 0 Å². The average molecular weight is 309 g/mol. The van der Waals surface area contributed by atoms with Crippen LogP contribution in [0, 0.1) is 0 Å². The van der Waals surface area contributed by atoms with Gasteiger partial charge >= 0.3 is 0 Å². The summed E-state index contributed by atoms with van der Waals surface area (Å²) in [5.74, 6) is 0.591. The van der Waals surface area contributed by atoms with Crippen molar-refractivity contribution in [3.8, 4) is 5.75 Å². The SMILES string of the molecule is O=C1CCC[C@H](C(=O)N2CC(Oc3ccccc3Cl)C2)N1. The Morgan fingerprint density at radius 2 is 2.10 bits per heavy atom. The van der Waals surface area contributed by atoms with E-state index in [9.17, 15) is 9.59 Å². The largest absolute Gasteiger partial charge is 0.485 e. The highest BCUT2D eigenvalue weighted by atomic mass is 35.5. The number of amides is 2. The first kappa shape index (κ1) is 14.2. The second kappa shape index (κ2) is 5.93. The highest BCUT2D eigenvalue weighted by Crippen LogP contribution is 2.27. The van der Waals surface area contributed by atoms with Gasteiger partial charge in [-0.3, -0.25) is 9.59 Å². The molecule has 2 aliphatic heterocycles. The van der Waals surface area contributed by atoms with Gasteiger partial charge in [0.25, 0.3) is 0 Å². The van der Waals surface area contributed by atoms with Crippen LogP contribution in [0.3, 0.4) is 0 Å². The Balaban J connectivity index is 1.50. The van der Waals surface area contributed by atoms with Crippen molar-refractivity contribution in [1.82, 2.24) is 10.2 Å². The standard InChI is InChI=1S/C15H17ClN2O3/c16-11-4-1-2-6-13(11)21-10-8-18(9-10)15(20)12-5-3-7-14(19)17-12/h1-2,4,6,10,12H,3,5,7-9H2,(H,17,19)/t12-/m1/s1. The summed E-state index contributed by atoms with van der Waals surface area (Å²) in [6, 6.07) is 6.93. The van der Waals surface area contributed by atoms with Crippen LogP contribution in [0.25, 0.3) is 0 Å². The Morgan fingerprint density at radius 1 is 1.33 bits per heavy atom. The van der Waals surface area contributed by atoms with Crippen LogP contribution < -0.4 is 10.1 Å². The van der Waals surface area contributed by atoms with Crippen LogP contribution in [-0.2, 0) is 9.59 Å². The first-order valence-electron chi connectivity index (χ1n) is 7.13. The third-order valence-corrected chi connectivity index (χ3v) is 4.13. The first-order valence-corrected chi connectivity index (χ1v) is 7.50. The van der Waals surface area contributed by atoms with Gasteiger partial charge in [0, 0.05) is 6.42 Å². The molecule has 0 aromatic heterocycles. The third kappa shape index (κ3) is 3.13. The lowest BCUT2D eigenvalue weighted by Crippen LogP contribution is -2.61. The van der Waals surface area contributed by atoms with Crippen LogP contribution in [0.15, 0.2) is 24.3 Å². The molecule has 1 aromatic rings. The topological polar surface area (TPSA) is 58.6 Å². The molecule has 0 spiro atoms. The number of likely N-dealkylation sites (tertiary alicyclic amines) is 1. The molecule has 5 nitrogen and oxygen atoms in total. The van der Waals surface area contributed by atoms with Crippen molar-refractivity contribution in [2.75, 3.05) is 13.1 Å². The zero-order chi connectivity index (χ0) is 14.8. The number of nitrogens with zero attached hydrogens (tertiary/aromatic N) is 1. The highest BCUT2D eigenvalue weighted by Gasteiger charge is 2.37. The quantitative estimate of drug-likeness (QED) is 0.922. The van der Waals surface area contributed by atoms with Gasteiger partial charge in [0.1, 0.15) is 17.9 Å². The van der Waals surface area contributed by atoms with Crippen LogP contribution >= 0.6 is 11.6 Å². The maximum absolute atomic E-state index is 12.2. The molecular weight excluding hydrogens is 292 g/mol. The summed E-state index contributed by atoms with van der Waals surface area (Å²) in [7, 11) is 0. The van der Waals surface area contributed by atoms with E-state index in [-0.39, 0.29) is 24.0 Å². The third-order valence-electron chi connectivity index (χ3n) is 3.82. The number of benzene rings is 1. The molecule has 1 atom stereocenters. The predicted octanol–water partition coefficient (Wildman–Crippen LogP) is 1.60. The number of para-hydroxylation sites is 1. The molecule has 21 heavy (non-hydrogen) atoms. The fourth-order valence-corrected chi connectivity index (χ4v) is 2.80. The minimum Gasteiger partial charge on any atom is -0.485 e. The van der Waals surface area contributed by atoms with Crippen molar-refractivity contribution < 1.29 is 14.3 Å². The van der Waals surface area contributed by atoms with Crippen LogP contribution in [0.5, 0.6) is 5.75 Å². The number of carbonyl (C=O) groups excluding carboxylic acids is 2. The Bertz CT molecular complexity index is 558. The van der Waals surface area contributed by atoms with E-state index >= 15 is 0 Å². The van der Waals surface area contributed by atoms with Crippen LogP contribution in [0.1, 0.15) is 19.3 Å². The maximum atomic E-state index is 12.2. The number of hydrogen-bond acceptors (Lipinski definition) is 3. The van der Waals surface area contributed by atoms with E-state index < -0.39 is 0 Å². The Kier molecular flexibility index (Phi) is 4.01. The number of carbonyl (C=O) groups is 2. The lowest BCUT2D eigenvalue weighted by molar-refractivity contribution is -0.145. The van der Waals surface area contributed by atoms with E-state index in [0.717, 1.165) is 12.8 Å². The Labute approximate surface area is 128 Å². The van der Waals surface area contributed by atoms with E-state index in [1.54, 1.807) is 11.0 Å². The van der Waals surface area contributed by atoms with Gasteiger partial charge in [0.2, 0.25) is 11.8 Å². The second-order valence-corrected chi connectivity index (χ2v) is 5.83. The van der Waals surface area contributed by atoms with E-state index in [4.69, 9.17) is 16.3 Å². The normalized spacial score (nSPS) is 22.4. The second-order valence-electron chi connectivity index (χ2n) is 5.43. The van der Waals surface area contributed by atoms with Crippen LogP contribution in [-0.4, -0.2) is 41.9 Å². The fourth-order valence-electron chi connectivity index (χ4n) is 2.62. The molecule has 2 saturated heterocycles. The van der Waals surface area contributed by atoms with Gasteiger partial charge in [0.15, 0.2) is 0 Å². The molecule has 1 aromatic carbocycles. The molecule has 2 aliphatic rings. The number of halogens is 1. The van der Waals surface area contributed by atoms with Gasteiger partial charge in [-0.1, -0.05) is 23.7 Å². The van der Waals surface area contributed by atoms with Crippen molar-refractivity contribution in [2.24, 2.45) is 0 Å². The summed E-state index contributed by atoms with van der Waals surface area (Å²) in [6.45, 7) is 1.08. The summed E-state index contributed by atoms with van der Waals surface area (Å²) in [5, 5.41) is 3.32. The van der Waals surface area contributed by atoms with E-state index in [0.29, 0.717) is 30.3 Å². The van der Waals surface area contributed by atoms with Crippen molar-refractivity contribution in [2.45, 2.75) is 31.4 Å². The van der Waals surface area contributed by atoms with E-state index in [1.165, 1.54) is 0 Å². The van der Waals surface area contributed by atoms with Crippen molar-refractivity contribution in [3.05, 3.63) is 29.3 Å². The summed E-state index contributed by atoms with van der Waals surface area (Å²) in [5.41, 5.74) is 0. The summed E-state index contributed by atoms with van der Waals surface area (Å²) < 4.78 is 5.76. The molecule has 0 saturated carbocycles. The summed E-state index contributed by atoms with van der Waals surface area (Å²) >= 11 is 6.03. The van der Waals surface area contributed by atoms with E-state index in [2.05, 4.69) is 5.32 Å². The fraction of sp³-hybridized carbons (Fsp3) is 0.467. The monoisotopic (exact) mass is 308 g/mol. The summed E-state index contributed by atoms with van der Waals surface area (Å²) in [4.78, 5) is 25.3. The van der Waals surface area contributed by atoms with Crippen molar-refractivity contribution in [3.63, 3.8) is 0 Å². The summed E-state index contributed by atoms with van der Waals surface area (Å²) in [6.07, 6.45) is 1.97. The molecule has 1 N–H and O–H groups in total. The number of ether oxygens (including phenoxy) is 1. The van der Waals surface area contributed by atoms with Crippen LogP contribution in [0.4, 0.5) is 0 Å². The first-order chi connectivity index (χ1) is 10.1. The van der Waals surface area contributed by atoms with Gasteiger partial charge in [0.05, 0.1) is 18.1 Å². The average Bonchev–Trinajstić information content (AvgIpc) is 2.43. The minimum atomic E-state index is -0.368. The van der Waals surface area contributed by atoms with Gasteiger partial charge in [-0.2, -0.15) is 0 Å². The smallest absolute Gasteiger partial charge is 0.245 e. The number of nitrogens with one attached hydrogen (secondary N) is 1. The molecular formula is C15H17ClN2O3. The van der Waals surface area contributed by atoms with E-state index in [1.807, 2.05) is 18.2 Å². The minimum absolute atomic E-state index is 0.0120.